The third-order valence-electron chi connectivity index (χ3n) is 7.08. The molecule has 2 amide bonds. The van der Waals surface area contributed by atoms with Crippen molar-refractivity contribution in [2.24, 2.45) is 11.7 Å². The maximum atomic E-state index is 13.3. The molecular formula is C30H34ClN5O5. The lowest BCUT2D eigenvalue weighted by molar-refractivity contribution is -0.144. The molecule has 0 saturated carbocycles. The second-order valence-electron chi connectivity index (χ2n) is 9.84. The molecule has 0 radical (unpaired) electrons. The van der Waals surface area contributed by atoms with Crippen LogP contribution in [-0.4, -0.2) is 52.8 Å². The molecule has 10 nitrogen and oxygen atoms in total. The van der Waals surface area contributed by atoms with E-state index in [4.69, 9.17) is 15.9 Å². The van der Waals surface area contributed by atoms with Crippen LogP contribution in [-0.2, 0) is 27.3 Å². The minimum Gasteiger partial charge on any atom is -0.469 e. The molecule has 2 atom stereocenters. The van der Waals surface area contributed by atoms with Gasteiger partial charge in [0.15, 0.2) is 0 Å². The summed E-state index contributed by atoms with van der Waals surface area (Å²) < 4.78 is 6.23. The molecule has 11 heteroatoms. The van der Waals surface area contributed by atoms with Crippen molar-refractivity contribution in [1.82, 2.24) is 9.47 Å². The number of nitrogens with two attached hydrogens (primary N) is 1. The lowest BCUT2D eigenvalue weighted by Gasteiger charge is -2.25. The van der Waals surface area contributed by atoms with E-state index in [1.165, 1.54) is 35.6 Å². The number of aryl methyl sites for hydroxylation is 1. The number of carbonyl (C=O) groups is 3. The number of amides is 2. The van der Waals surface area contributed by atoms with Crippen LogP contribution in [0, 0.1) is 11.3 Å². The van der Waals surface area contributed by atoms with Gasteiger partial charge < -0.3 is 25.3 Å². The Labute approximate surface area is 244 Å². The molecule has 3 aromatic rings. The number of benzene rings is 2. The van der Waals surface area contributed by atoms with E-state index in [1.54, 1.807) is 29.2 Å². The number of likely N-dealkylation sites (tertiary alicyclic amines) is 1. The summed E-state index contributed by atoms with van der Waals surface area (Å²) in [7, 11) is 1.30. The fraction of sp³-hybridized carbons (Fsp3) is 0.300. The van der Waals surface area contributed by atoms with Gasteiger partial charge in [-0.15, -0.1) is 12.4 Å². The SMILES string of the molecule is COC(=O)C[C@@H]1C[C@@H](Cn2cc(C(=O)Nc3ccc(C(=N)N)cc3)ccc2=O)N(CCCc2ccccc2)C1=O.Cl. The van der Waals surface area contributed by atoms with Gasteiger partial charge in [-0.3, -0.25) is 24.6 Å². The molecule has 0 unspecified atom stereocenters. The first-order chi connectivity index (χ1) is 19.2. The summed E-state index contributed by atoms with van der Waals surface area (Å²) in [6.45, 7) is 0.684. The molecule has 1 aromatic heterocycles. The Balaban J connectivity index is 0.00000462. The number of nitrogen functional groups attached to an aromatic ring is 1. The Morgan fingerprint density at radius 3 is 2.37 bits per heavy atom. The zero-order chi connectivity index (χ0) is 28.6. The van der Waals surface area contributed by atoms with Crippen molar-refractivity contribution in [3.05, 3.63) is 100.0 Å². The predicted octanol–water partition coefficient (Wildman–Crippen LogP) is 3.22. The third kappa shape index (κ3) is 8.04. The van der Waals surface area contributed by atoms with Gasteiger partial charge in [0.05, 0.1) is 31.1 Å². The molecule has 0 aliphatic carbocycles. The molecule has 1 saturated heterocycles. The highest BCUT2D eigenvalue weighted by Crippen LogP contribution is 2.29. The van der Waals surface area contributed by atoms with Crippen molar-refractivity contribution in [1.29, 1.82) is 5.41 Å². The zero-order valence-electron chi connectivity index (χ0n) is 22.7. The number of hydrogen-bond acceptors (Lipinski definition) is 6. The van der Waals surface area contributed by atoms with E-state index in [-0.39, 0.29) is 54.3 Å². The van der Waals surface area contributed by atoms with Crippen molar-refractivity contribution in [3.8, 4) is 0 Å². The van der Waals surface area contributed by atoms with Crippen LogP contribution in [0.4, 0.5) is 5.69 Å². The number of amidine groups is 1. The van der Waals surface area contributed by atoms with E-state index in [9.17, 15) is 19.2 Å². The molecule has 4 N–H and O–H groups in total. The molecule has 0 spiro atoms. The molecular weight excluding hydrogens is 546 g/mol. The van der Waals surface area contributed by atoms with E-state index in [1.807, 2.05) is 30.3 Å². The lowest BCUT2D eigenvalue weighted by Crippen LogP contribution is -2.39. The van der Waals surface area contributed by atoms with Crippen molar-refractivity contribution in [2.75, 3.05) is 19.0 Å². The average Bonchev–Trinajstić information content (AvgIpc) is 3.23. The molecule has 1 fully saturated rings. The number of carbonyl (C=O) groups excluding carboxylic acids is 3. The number of halogens is 1. The molecule has 0 bridgehead atoms. The van der Waals surface area contributed by atoms with Gasteiger partial charge in [-0.05, 0) is 55.2 Å². The Hall–Kier alpha value is -4.44. The smallest absolute Gasteiger partial charge is 0.306 e. The number of pyridine rings is 1. The Kier molecular flexibility index (Phi) is 10.8. The molecule has 1 aliphatic heterocycles. The van der Waals surface area contributed by atoms with E-state index >= 15 is 0 Å². The second-order valence-corrected chi connectivity index (χ2v) is 9.84. The molecule has 4 rings (SSSR count). The largest absolute Gasteiger partial charge is 0.469 e. The van der Waals surface area contributed by atoms with Gasteiger partial charge in [0.2, 0.25) is 5.91 Å². The van der Waals surface area contributed by atoms with Gasteiger partial charge in [-0.2, -0.15) is 0 Å². The summed E-state index contributed by atoms with van der Waals surface area (Å²) in [5.41, 5.74) is 7.69. The molecule has 216 valence electrons. The third-order valence-corrected chi connectivity index (χ3v) is 7.08. The maximum absolute atomic E-state index is 13.3. The molecule has 41 heavy (non-hydrogen) atoms. The van der Waals surface area contributed by atoms with Gasteiger partial charge in [0, 0.05) is 36.6 Å². The Morgan fingerprint density at radius 1 is 1.02 bits per heavy atom. The monoisotopic (exact) mass is 579 g/mol. The van der Waals surface area contributed by atoms with Crippen molar-refractivity contribution in [2.45, 2.75) is 38.3 Å². The summed E-state index contributed by atoms with van der Waals surface area (Å²) in [6, 6.07) is 19.0. The van der Waals surface area contributed by atoms with Crippen molar-refractivity contribution in [3.63, 3.8) is 0 Å². The second kappa shape index (κ2) is 14.3. The quantitative estimate of drug-likeness (QED) is 0.180. The molecule has 2 aromatic carbocycles. The average molecular weight is 580 g/mol. The Bertz CT molecular complexity index is 1440. The maximum Gasteiger partial charge on any atom is 0.306 e. The van der Waals surface area contributed by atoms with Crippen molar-refractivity contribution < 1.29 is 19.1 Å². The van der Waals surface area contributed by atoms with Crippen LogP contribution in [0.5, 0.6) is 0 Å². The fourth-order valence-corrected chi connectivity index (χ4v) is 4.96. The van der Waals surface area contributed by atoms with Gasteiger partial charge in [0.1, 0.15) is 5.84 Å². The predicted molar refractivity (Wildman–Crippen MR) is 158 cm³/mol. The standard InChI is InChI=1S/C30H33N5O5.ClH/c1-40-27(37)17-23-16-25(35(30(23)39)15-5-8-20-6-3-2-4-7-20)19-34-18-22(11-14-26(34)36)29(38)33-24-12-9-21(10-13-24)28(31)32;/h2-4,6-7,9-14,18,23,25H,5,8,15-17,19H2,1H3,(H3,31,32)(H,33,38);1H/t23-,25-;/m0./s1. The van der Waals surface area contributed by atoms with Crippen LogP contribution in [0.2, 0.25) is 0 Å². The minimum absolute atomic E-state index is 0. The first-order valence-corrected chi connectivity index (χ1v) is 13.1. The van der Waals surface area contributed by atoms with E-state index in [0.717, 1.165) is 12.8 Å². The fourth-order valence-electron chi connectivity index (χ4n) is 4.96. The highest BCUT2D eigenvalue weighted by Gasteiger charge is 2.40. The van der Waals surface area contributed by atoms with Gasteiger partial charge in [-0.25, -0.2) is 0 Å². The van der Waals surface area contributed by atoms with E-state index in [0.29, 0.717) is 24.2 Å². The first kappa shape index (κ1) is 31.1. The highest BCUT2D eigenvalue weighted by atomic mass is 35.5. The topological polar surface area (TPSA) is 148 Å². The summed E-state index contributed by atoms with van der Waals surface area (Å²) >= 11 is 0. The number of methoxy groups -OCH3 is 1. The van der Waals surface area contributed by atoms with E-state index in [2.05, 4.69) is 5.32 Å². The number of rotatable bonds is 11. The molecule has 1 aliphatic rings. The summed E-state index contributed by atoms with van der Waals surface area (Å²) in [6.07, 6.45) is 3.41. The molecule has 2 heterocycles. The van der Waals surface area contributed by atoms with Crippen LogP contribution in [0.25, 0.3) is 0 Å². The summed E-state index contributed by atoms with van der Waals surface area (Å²) in [4.78, 5) is 52.7. The van der Waals surface area contributed by atoms with Crippen LogP contribution in [0.3, 0.4) is 0 Å². The van der Waals surface area contributed by atoms with Crippen LogP contribution >= 0.6 is 12.4 Å². The van der Waals surface area contributed by atoms with Gasteiger partial charge in [0.25, 0.3) is 11.5 Å². The lowest BCUT2D eigenvalue weighted by atomic mass is 10.0. The van der Waals surface area contributed by atoms with Crippen LogP contribution in [0.15, 0.2) is 77.7 Å². The minimum atomic E-state index is -0.519. The number of ether oxygens (including phenoxy) is 1. The number of anilines is 1. The first-order valence-electron chi connectivity index (χ1n) is 13.1. The normalized spacial score (nSPS) is 16.1. The number of aromatic nitrogens is 1. The van der Waals surface area contributed by atoms with Gasteiger partial charge in [-0.1, -0.05) is 30.3 Å². The summed E-state index contributed by atoms with van der Waals surface area (Å²) in [5, 5.41) is 10.3. The number of nitrogens with one attached hydrogen (secondary N) is 2. The summed E-state index contributed by atoms with van der Waals surface area (Å²) in [5.74, 6) is -1.57. The van der Waals surface area contributed by atoms with Crippen molar-refractivity contribution >= 4 is 41.7 Å². The van der Waals surface area contributed by atoms with E-state index < -0.39 is 17.8 Å². The van der Waals surface area contributed by atoms with Crippen LogP contribution < -0.4 is 16.6 Å². The van der Waals surface area contributed by atoms with Crippen LogP contribution in [0.1, 0.15) is 40.7 Å². The highest BCUT2D eigenvalue weighted by molar-refractivity contribution is 6.04. The number of nitrogens with zero attached hydrogens (tertiary/aromatic N) is 2. The number of hydrogen-bond donors (Lipinski definition) is 3. The Morgan fingerprint density at radius 2 is 1.71 bits per heavy atom. The number of esters is 1. The zero-order valence-corrected chi connectivity index (χ0v) is 23.6. The van der Waals surface area contributed by atoms with Gasteiger partial charge >= 0.3 is 5.97 Å².